The number of sulfonamides is 1. The molecular formula is C6H10N2O6S. The minimum Gasteiger partial charge on any atom is -0.462 e. The second-order valence-corrected chi connectivity index (χ2v) is 4.81. The Bertz CT molecular complexity index is 377. The van der Waals surface area contributed by atoms with Gasteiger partial charge in [0.25, 0.3) is 10.0 Å². The third kappa shape index (κ3) is 3.06. The Kier molecular flexibility index (Phi) is 3.15. The lowest BCUT2D eigenvalue weighted by Crippen LogP contribution is -2.43. The van der Waals surface area contributed by atoms with Crippen LogP contribution in [-0.2, 0) is 24.3 Å². The number of amides is 1. The topological polar surface area (TPSA) is 116 Å². The Morgan fingerprint density at radius 1 is 1.67 bits per heavy atom. The summed E-state index contributed by atoms with van der Waals surface area (Å²) in [5.41, 5.74) is 0. The molecule has 1 atom stereocenters. The molecule has 0 aliphatic carbocycles. The first-order chi connectivity index (χ1) is 6.80. The molecule has 0 bridgehead atoms. The predicted octanol–water partition coefficient (Wildman–Crippen LogP) is -1.43. The maximum atomic E-state index is 11.1. The third-order valence-electron chi connectivity index (χ3n) is 1.63. The maximum absolute atomic E-state index is 11.1. The Morgan fingerprint density at radius 3 is 2.67 bits per heavy atom. The van der Waals surface area contributed by atoms with E-state index in [9.17, 15) is 18.0 Å². The number of esters is 1. The predicted molar refractivity (Wildman–Crippen MR) is 46.7 cm³/mol. The number of hydrogen-bond donors (Lipinski definition) is 1. The van der Waals surface area contributed by atoms with Crippen LogP contribution < -0.4 is 5.84 Å². The molecule has 0 aromatic rings. The summed E-state index contributed by atoms with van der Waals surface area (Å²) in [5, 5.41) is 0. The van der Waals surface area contributed by atoms with E-state index in [2.05, 4.69) is 9.47 Å². The summed E-state index contributed by atoms with van der Waals surface area (Å²) < 4.78 is 30.7. The van der Waals surface area contributed by atoms with Crippen molar-refractivity contribution in [3.8, 4) is 0 Å². The maximum Gasteiger partial charge on any atom is 0.438 e. The lowest BCUT2D eigenvalue weighted by atomic mass is 10.3. The third-order valence-corrected chi connectivity index (χ3v) is 2.49. The van der Waals surface area contributed by atoms with E-state index >= 15 is 0 Å². The van der Waals surface area contributed by atoms with Crippen LogP contribution in [-0.4, -0.2) is 43.9 Å². The molecule has 0 radical (unpaired) electrons. The van der Waals surface area contributed by atoms with Crippen LogP contribution in [0.25, 0.3) is 0 Å². The Hall–Kier alpha value is -1.35. The second-order valence-electron chi connectivity index (χ2n) is 2.95. The van der Waals surface area contributed by atoms with Crippen molar-refractivity contribution in [2.75, 3.05) is 12.9 Å². The molecule has 2 N–H and O–H groups in total. The zero-order chi connectivity index (χ0) is 11.6. The smallest absolute Gasteiger partial charge is 0.438 e. The highest BCUT2D eigenvalue weighted by Crippen LogP contribution is 2.11. The van der Waals surface area contributed by atoms with E-state index in [1.807, 2.05) is 0 Å². The van der Waals surface area contributed by atoms with Gasteiger partial charge in [-0.15, -0.1) is 4.41 Å². The van der Waals surface area contributed by atoms with E-state index in [4.69, 9.17) is 5.84 Å². The van der Waals surface area contributed by atoms with Crippen LogP contribution in [0, 0.1) is 0 Å². The molecule has 0 spiro atoms. The van der Waals surface area contributed by atoms with Crippen molar-refractivity contribution < 1.29 is 27.5 Å². The zero-order valence-corrected chi connectivity index (χ0v) is 8.69. The number of hydrazine groups is 1. The number of cyclic esters (lactones) is 1. The van der Waals surface area contributed by atoms with E-state index in [0.717, 1.165) is 6.26 Å². The highest BCUT2D eigenvalue weighted by molar-refractivity contribution is 7.88. The minimum atomic E-state index is -3.85. The number of carbonyl (C=O) groups excluding carboxylic acids is 2. The molecule has 0 saturated carbocycles. The number of ether oxygens (including phenoxy) is 2. The Labute approximate surface area is 85.9 Å². The molecule has 1 fully saturated rings. The van der Waals surface area contributed by atoms with Gasteiger partial charge in [-0.2, -0.15) is 0 Å². The molecule has 1 aliphatic rings. The van der Waals surface area contributed by atoms with Gasteiger partial charge in [0.2, 0.25) is 0 Å². The molecule has 1 unspecified atom stereocenters. The van der Waals surface area contributed by atoms with Crippen molar-refractivity contribution in [2.24, 2.45) is 5.84 Å². The van der Waals surface area contributed by atoms with Crippen molar-refractivity contribution >= 4 is 22.1 Å². The second kappa shape index (κ2) is 4.03. The highest BCUT2D eigenvalue weighted by Gasteiger charge is 2.30. The Balaban J connectivity index is 2.53. The summed E-state index contributed by atoms with van der Waals surface area (Å²) in [7, 11) is -3.85. The van der Waals surface area contributed by atoms with Gasteiger partial charge in [-0.05, 0) is 0 Å². The lowest BCUT2D eigenvalue weighted by molar-refractivity contribution is -0.137. The highest BCUT2D eigenvalue weighted by atomic mass is 32.2. The standard InChI is InChI=1S/C6H10N2O6S/c1-15(11,12)8(7)6(10)14-4-2-5(9)13-3-4/h4H,2-3,7H2,1H3. The molecule has 1 rings (SSSR count). The van der Waals surface area contributed by atoms with E-state index in [1.165, 1.54) is 0 Å². The first kappa shape index (κ1) is 11.7. The molecule has 1 heterocycles. The molecule has 1 amide bonds. The molecule has 0 aromatic carbocycles. The van der Waals surface area contributed by atoms with Crippen LogP contribution >= 0.6 is 0 Å². The van der Waals surface area contributed by atoms with Gasteiger partial charge in [-0.3, -0.25) is 4.79 Å². The van der Waals surface area contributed by atoms with Crippen LogP contribution in [0.2, 0.25) is 0 Å². The largest absolute Gasteiger partial charge is 0.462 e. The average molecular weight is 238 g/mol. The van der Waals surface area contributed by atoms with E-state index in [1.54, 1.807) is 0 Å². The van der Waals surface area contributed by atoms with E-state index in [0.29, 0.717) is 0 Å². The first-order valence-corrected chi connectivity index (χ1v) is 5.77. The van der Waals surface area contributed by atoms with Crippen molar-refractivity contribution in [1.29, 1.82) is 0 Å². The first-order valence-electron chi connectivity index (χ1n) is 3.92. The number of carbonyl (C=O) groups is 2. The van der Waals surface area contributed by atoms with Gasteiger partial charge in [0.05, 0.1) is 12.7 Å². The molecular weight excluding hydrogens is 228 g/mol. The number of nitrogens with zero attached hydrogens (tertiary/aromatic N) is 1. The van der Waals surface area contributed by atoms with Gasteiger partial charge in [0, 0.05) is 0 Å². The SMILES string of the molecule is CS(=O)(=O)N(N)C(=O)OC1COC(=O)C1. The van der Waals surface area contributed by atoms with Crippen molar-refractivity contribution in [3.63, 3.8) is 0 Å². The molecule has 8 nitrogen and oxygen atoms in total. The van der Waals surface area contributed by atoms with Crippen LogP contribution in [0.3, 0.4) is 0 Å². The van der Waals surface area contributed by atoms with Crippen molar-refractivity contribution in [3.05, 3.63) is 0 Å². The van der Waals surface area contributed by atoms with Crippen molar-refractivity contribution in [1.82, 2.24) is 4.41 Å². The average Bonchev–Trinajstić information content (AvgIpc) is 2.48. The summed E-state index contributed by atoms with van der Waals surface area (Å²) in [4.78, 5) is 21.7. The summed E-state index contributed by atoms with van der Waals surface area (Å²) >= 11 is 0. The van der Waals surface area contributed by atoms with Crippen LogP contribution in [0.5, 0.6) is 0 Å². The fraction of sp³-hybridized carbons (Fsp3) is 0.667. The minimum absolute atomic E-state index is 0.0319. The number of nitrogens with two attached hydrogens (primary N) is 1. The Morgan fingerprint density at radius 2 is 2.27 bits per heavy atom. The van der Waals surface area contributed by atoms with Gasteiger partial charge < -0.3 is 9.47 Å². The molecule has 0 aromatic heterocycles. The van der Waals surface area contributed by atoms with Gasteiger partial charge in [-0.1, -0.05) is 0 Å². The quantitative estimate of drug-likeness (QED) is 0.271. The van der Waals surface area contributed by atoms with Gasteiger partial charge in [0.15, 0.2) is 0 Å². The van der Waals surface area contributed by atoms with Gasteiger partial charge in [-0.25, -0.2) is 19.1 Å². The molecule has 1 saturated heterocycles. The number of rotatable bonds is 2. The van der Waals surface area contributed by atoms with E-state index < -0.39 is 28.2 Å². The summed E-state index contributed by atoms with van der Waals surface area (Å²) in [5.74, 6) is 4.45. The van der Waals surface area contributed by atoms with Crippen LogP contribution in [0.4, 0.5) is 4.79 Å². The fourth-order valence-electron chi connectivity index (χ4n) is 0.895. The summed E-state index contributed by atoms with van der Waals surface area (Å²) in [6, 6.07) is 0. The summed E-state index contributed by atoms with van der Waals surface area (Å²) in [6.07, 6.45) is -1.35. The van der Waals surface area contributed by atoms with Crippen LogP contribution in [0.1, 0.15) is 6.42 Å². The molecule has 9 heteroatoms. The zero-order valence-electron chi connectivity index (χ0n) is 7.87. The van der Waals surface area contributed by atoms with Crippen molar-refractivity contribution in [2.45, 2.75) is 12.5 Å². The van der Waals surface area contributed by atoms with E-state index in [-0.39, 0.29) is 17.4 Å². The number of hydrogen-bond acceptors (Lipinski definition) is 7. The van der Waals surface area contributed by atoms with Gasteiger partial charge >= 0.3 is 12.1 Å². The summed E-state index contributed by atoms with van der Waals surface area (Å²) in [6.45, 7) is -0.0812. The normalized spacial score (nSPS) is 20.9. The molecule has 86 valence electrons. The van der Waals surface area contributed by atoms with Gasteiger partial charge in [0.1, 0.15) is 12.7 Å². The lowest BCUT2D eigenvalue weighted by Gasteiger charge is -2.15. The fourth-order valence-corrected chi connectivity index (χ4v) is 1.21. The monoisotopic (exact) mass is 238 g/mol. The molecule has 1 aliphatic heterocycles. The molecule has 15 heavy (non-hydrogen) atoms. The van der Waals surface area contributed by atoms with Crippen LogP contribution in [0.15, 0.2) is 0 Å².